The van der Waals surface area contributed by atoms with E-state index < -0.39 is 29.5 Å². The van der Waals surface area contributed by atoms with Crippen LogP contribution in [0.25, 0.3) is 0 Å². The van der Waals surface area contributed by atoms with Gasteiger partial charge in [0.2, 0.25) is 0 Å². The summed E-state index contributed by atoms with van der Waals surface area (Å²) in [7, 11) is 0. The summed E-state index contributed by atoms with van der Waals surface area (Å²) < 4.78 is 76.5. The second kappa shape index (κ2) is 6.25. The third-order valence-corrected chi connectivity index (χ3v) is 3.14. The Balaban J connectivity index is 3.20. The fraction of sp³-hybridized carbons (Fsp3) is 0.571. The molecule has 0 saturated carbocycles. The summed E-state index contributed by atoms with van der Waals surface area (Å²) in [6.45, 7) is 3.79. The Labute approximate surface area is 119 Å². The third-order valence-electron chi connectivity index (χ3n) is 3.14. The summed E-state index contributed by atoms with van der Waals surface area (Å²) in [6.07, 6.45) is -8.81. The van der Waals surface area contributed by atoms with Crippen LogP contribution >= 0.6 is 0 Å². The maximum absolute atomic E-state index is 13.0. The standard InChI is InChI=1S/C14H17F6N/c1-8(2)3-6-12(21)10-5-4-9(13(15,16)17)7-11(10)14(18,19)20/h4-5,7-8,12H,3,6,21H2,1-2H3/t12-/m1/s1. The van der Waals surface area contributed by atoms with Gasteiger partial charge in [-0.25, -0.2) is 0 Å². The Morgan fingerprint density at radius 1 is 0.952 bits per heavy atom. The van der Waals surface area contributed by atoms with E-state index in [4.69, 9.17) is 5.73 Å². The summed E-state index contributed by atoms with van der Waals surface area (Å²) >= 11 is 0. The Hall–Kier alpha value is -1.24. The van der Waals surface area contributed by atoms with E-state index in [1.165, 1.54) is 0 Å². The first-order valence-electron chi connectivity index (χ1n) is 6.47. The van der Waals surface area contributed by atoms with Gasteiger partial charge in [-0.15, -0.1) is 0 Å². The van der Waals surface area contributed by atoms with Gasteiger partial charge in [0.15, 0.2) is 0 Å². The molecule has 0 amide bonds. The van der Waals surface area contributed by atoms with Crippen molar-refractivity contribution in [2.75, 3.05) is 0 Å². The highest BCUT2D eigenvalue weighted by Gasteiger charge is 2.38. The van der Waals surface area contributed by atoms with E-state index in [1.54, 1.807) is 0 Å². The van der Waals surface area contributed by atoms with Gasteiger partial charge in [0.1, 0.15) is 0 Å². The van der Waals surface area contributed by atoms with Crippen molar-refractivity contribution in [1.29, 1.82) is 0 Å². The summed E-state index contributed by atoms with van der Waals surface area (Å²) in [6, 6.07) is 0.660. The summed E-state index contributed by atoms with van der Waals surface area (Å²) in [5.74, 6) is 0.250. The molecule has 0 aliphatic carbocycles. The fourth-order valence-electron chi connectivity index (χ4n) is 1.97. The zero-order valence-electron chi connectivity index (χ0n) is 11.6. The molecule has 0 aliphatic heterocycles. The molecule has 21 heavy (non-hydrogen) atoms. The van der Waals surface area contributed by atoms with Crippen molar-refractivity contribution in [3.8, 4) is 0 Å². The summed E-state index contributed by atoms with van der Waals surface area (Å²) in [5, 5.41) is 0. The van der Waals surface area contributed by atoms with E-state index in [0.29, 0.717) is 12.5 Å². The molecule has 0 saturated heterocycles. The maximum Gasteiger partial charge on any atom is 0.416 e. The minimum absolute atomic E-state index is 0.130. The van der Waals surface area contributed by atoms with Crippen LogP contribution in [0.5, 0.6) is 0 Å². The minimum Gasteiger partial charge on any atom is -0.324 e. The SMILES string of the molecule is CC(C)CC[C@@H](N)c1ccc(C(F)(F)F)cc1C(F)(F)F. The third kappa shape index (κ3) is 4.91. The van der Waals surface area contributed by atoms with Crippen LogP contribution in [0.1, 0.15) is 49.4 Å². The highest BCUT2D eigenvalue weighted by atomic mass is 19.4. The van der Waals surface area contributed by atoms with Gasteiger partial charge in [0, 0.05) is 6.04 Å². The minimum atomic E-state index is -4.87. The van der Waals surface area contributed by atoms with Crippen molar-refractivity contribution < 1.29 is 26.3 Å². The predicted octanol–water partition coefficient (Wildman–Crippen LogP) is 5.16. The van der Waals surface area contributed by atoms with Crippen molar-refractivity contribution in [3.63, 3.8) is 0 Å². The quantitative estimate of drug-likeness (QED) is 0.763. The van der Waals surface area contributed by atoms with E-state index >= 15 is 0 Å². The average Bonchev–Trinajstić information content (AvgIpc) is 2.33. The molecule has 0 spiro atoms. The van der Waals surface area contributed by atoms with Crippen molar-refractivity contribution >= 4 is 0 Å². The Bertz CT molecular complexity index is 475. The van der Waals surface area contributed by atoms with Crippen LogP contribution in [-0.2, 0) is 12.4 Å². The van der Waals surface area contributed by atoms with Gasteiger partial charge in [0.05, 0.1) is 11.1 Å². The van der Waals surface area contributed by atoms with Gasteiger partial charge >= 0.3 is 12.4 Å². The highest BCUT2D eigenvalue weighted by Crippen LogP contribution is 2.39. The molecular weight excluding hydrogens is 296 g/mol. The molecule has 0 radical (unpaired) electrons. The molecule has 0 unspecified atom stereocenters. The summed E-state index contributed by atoms with van der Waals surface area (Å²) in [5.41, 5.74) is 2.79. The predicted molar refractivity (Wildman–Crippen MR) is 67.4 cm³/mol. The van der Waals surface area contributed by atoms with E-state index in [9.17, 15) is 26.3 Å². The maximum atomic E-state index is 13.0. The number of hydrogen-bond acceptors (Lipinski definition) is 1. The Morgan fingerprint density at radius 3 is 1.95 bits per heavy atom. The summed E-state index contributed by atoms with van der Waals surface area (Å²) in [4.78, 5) is 0. The van der Waals surface area contributed by atoms with Crippen LogP contribution in [0, 0.1) is 5.92 Å². The van der Waals surface area contributed by atoms with Crippen LogP contribution < -0.4 is 5.73 Å². The van der Waals surface area contributed by atoms with Gasteiger partial charge in [-0.2, -0.15) is 26.3 Å². The number of alkyl halides is 6. The fourth-order valence-corrected chi connectivity index (χ4v) is 1.97. The van der Waals surface area contributed by atoms with Crippen LogP contribution in [0.2, 0.25) is 0 Å². The van der Waals surface area contributed by atoms with Gasteiger partial charge < -0.3 is 5.73 Å². The molecule has 7 heteroatoms. The smallest absolute Gasteiger partial charge is 0.324 e. The lowest BCUT2D eigenvalue weighted by atomic mass is 9.93. The van der Waals surface area contributed by atoms with Crippen molar-refractivity contribution in [2.45, 2.75) is 45.1 Å². The number of hydrogen-bond donors (Lipinski definition) is 1. The number of benzene rings is 1. The molecular formula is C14H17F6N. The first-order valence-corrected chi connectivity index (χ1v) is 6.47. The molecule has 2 N–H and O–H groups in total. The molecule has 0 heterocycles. The number of nitrogens with two attached hydrogens (primary N) is 1. The normalized spacial score (nSPS) is 14.6. The van der Waals surface area contributed by atoms with Gasteiger partial charge in [-0.05, 0) is 36.5 Å². The largest absolute Gasteiger partial charge is 0.416 e. The van der Waals surface area contributed by atoms with Crippen molar-refractivity contribution in [3.05, 3.63) is 34.9 Å². The Morgan fingerprint density at radius 2 is 1.52 bits per heavy atom. The molecule has 1 atom stereocenters. The molecule has 0 bridgehead atoms. The van der Waals surface area contributed by atoms with Crippen LogP contribution in [0.3, 0.4) is 0 Å². The number of halogens is 6. The van der Waals surface area contributed by atoms with E-state index in [-0.39, 0.29) is 24.0 Å². The molecule has 0 aliphatic rings. The van der Waals surface area contributed by atoms with Crippen LogP contribution in [-0.4, -0.2) is 0 Å². The molecule has 120 valence electrons. The van der Waals surface area contributed by atoms with Crippen molar-refractivity contribution in [2.24, 2.45) is 11.7 Å². The zero-order chi connectivity index (χ0) is 16.4. The van der Waals surface area contributed by atoms with Gasteiger partial charge in [-0.3, -0.25) is 0 Å². The van der Waals surface area contributed by atoms with Crippen LogP contribution in [0.15, 0.2) is 18.2 Å². The average molecular weight is 313 g/mol. The Kier molecular flexibility index (Phi) is 5.30. The van der Waals surface area contributed by atoms with E-state index in [1.807, 2.05) is 13.8 Å². The number of rotatable bonds is 4. The molecule has 1 aromatic rings. The first-order chi connectivity index (χ1) is 9.43. The second-order valence-corrected chi connectivity index (χ2v) is 5.38. The highest BCUT2D eigenvalue weighted by molar-refractivity contribution is 5.37. The lowest BCUT2D eigenvalue weighted by Gasteiger charge is -2.20. The van der Waals surface area contributed by atoms with E-state index in [0.717, 1.165) is 6.07 Å². The monoisotopic (exact) mass is 313 g/mol. The van der Waals surface area contributed by atoms with E-state index in [2.05, 4.69) is 0 Å². The molecule has 1 rings (SSSR count). The second-order valence-electron chi connectivity index (χ2n) is 5.38. The first kappa shape index (κ1) is 17.8. The molecule has 0 fully saturated rings. The molecule has 1 nitrogen and oxygen atoms in total. The lowest BCUT2D eigenvalue weighted by Crippen LogP contribution is -2.19. The van der Waals surface area contributed by atoms with Gasteiger partial charge in [0.25, 0.3) is 0 Å². The molecule has 0 aromatic heterocycles. The zero-order valence-corrected chi connectivity index (χ0v) is 11.6. The molecule has 1 aromatic carbocycles. The van der Waals surface area contributed by atoms with Crippen LogP contribution in [0.4, 0.5) is 26.3 Å². The van der Waals surface area contributed by atoms with Crippen molar-refractivity contribution in [1.82, 2.24) is 0 Å². The topological polar surface area (TPSA) is 26.0 Å². The lowest BCUT2D eigenvalue weighted by molar-refractivity contribution is -0.143. The van der Waals surface area contributed by atoms with Gasteiger partial charge in [-0.1, -0.05) is 19.9 Å².